The molecule has 15 heteroatoms. The van der Waals surface area contributed by atoms with Crippen LogP contribution in [0.15, 0.2) is 71.7 Å². The summed E-state index contributed by atoms with van der Waals surface area (Å²) in [6.45, 7) is 5.95. The zero-order chi connectivity index (χ0) is 36.3. The van der Waals surface area contributed by atoms with Crippen LogP contribution in [0.1, 0.15) is 42.4 Å². The number of amides is 1. The lowest BCUT2D eigenvalue weighted by Gasteiger charge is -2.30. The standard InChI is InChI=1S/C36H36F4N6O5/c1-22-12-16-45(17-13-22)15-6-18-50-32-21-27-24(20-31(32)49-3)29(11-14-41-27)51-30-10-9-23(19-26(30)37)42-34(47)33-43-46(35(48)44(33)2)28-8-5-4-7-25(28)36(38,39)40/h4-5,7-11,14,19-22H,6,12-13,15-18H2,1-3H3,(H,42,47). The number of hydrogen-bond donors (Lipinski definition) is 1. The molecule has 1 aliphatic heterocycles. The van der Waals surface area contributed by atoms with E-state index in [4.69, 9.17) is 14.2 Å². The lowest BCUT2D eigenvalue weighted by atomic mass is 9.99. The highest BCUT2D eigenvalue weighted by atomic mass is 19.4. The highest BCUT2D eigenvalue weighted by molar-refractivity contribution is 6.01. The predicted molar refractivity (Wildman–Crippen MR) is 181 cm³/mol. The van der Waals surface area contributed by atoms with Crippen molar-refractivity contribution in [2.24, 2.45) is 13.0 Å². The molecule has 0 atom stereocenters. The Morgan fingerprint density at radius 2 is 1.76 bits per heavy atom. The minimum Gasteiger partial charge on any atom is -0.493 e. The first-order valence-electron chi connectivity index (χ1n) is 16.4. The van der Waals surface area contributed by atoms with Gasteiger partial charge in [-0.05, 0) is 74.7 Å². The van der Waals surface area contributed by atoms with Gasteiger partial charge in [0, 0.05) is 43.0 Å². The summed E-state index contributed by atoms with van der Waals surface area (Å²) in [6.07, 6.45) is 0.0416. The van der Waals surface area contributed by atoms with Crippen molar-refractivity contribution < 1.29 is 36.6 Å². The summed E-state index contributed by atoms with van der Waals surface area (Å²) >= 11 is 0. The van der Waals surface area contributed by atoms with Crippen molar-refractivity contribution in [3.63, 3.8) is 0 Å². The van der Waals surface area contributed by atoms with Gasteiger partial charge >= 0.3 is 11.9 Å². The molecule has 0 bridgehead atoms. The average molecular weight is 709 g/mol. The zero-order valence-corrected chi connectivity index (χ0v) is 28.2. The Kier molecular flexibility index (Phi) is 10.3. The molecule has 3 aromatic carbocycles. The van der Waals surface area contributed by atoms with E-state index in [0.717, 1.165) is 54.7 Å². The second kappa shape index (κ2) is 14.8. The van der Waals surface area contributed by atoms with E-state index in [2.05, 4.69) is 27.2 Å². The van der Waals surface area contributed by atoms with Crippen LogP contribution in [0.5, 0.6) is 23.0 Å². The Hall–Kier alpha value is -5.44. The largest absolute Gasteiger partial charge is 0.493 e. The number of alkyl halides is 3. The lowest BCUT2D eigenvalue weighted by molar-refractivity contribution is -0.137. The monoisotopic (exact) mass is 708 g/mol. The number of aromatic nitrogens is 4. The average Bonchev–Trinajstić information content (AvgIpc) is 3.41. The summed E-state index contributed by atoms with van der Waals surface area (Å²) in [7, 11) is 2.71. The topological polar surface area (TPSA) is 113 Å². The maximum absolute atomic E-state index is 15.3. The molecule has 3 heterocycles. The SMILES string of the molecule is COc1cc2c(Oc3ccc(NC(=O)c4nn(-c5ccccc5C(F)(F)F)c(=O)n4C)cc3F)ccnc2cc1OCCCN1CCC(C)CC1. The molecule has 1 N–H and O–H groups in total. The van der Waals surface area contributed by atoms with Gasteiger partial charge in [0.25, 0.3) is 5.91 Å². The van der Waals surface area contributed by atoms with E-state index in [0.29, 0.717) is 39.4 Å². The number of piperidine rings is 1. The fourth-order valence-electron chi connectivity index (χ4n) is 5.90. The van der Waals surface area contributed by atoms with Crippen LogP contribution in [0.4, 0.5) is 23.2 Å². The molecule has 51 heavy (non-hydrogen) atoms. The van der Waals surface area contributed by atoms with E-state index < -0.39 is 40.7 Å². The minimum absolute atomic E-state index is 0.0135. The highest BCUT2D eigenvalue weighted by Crippen LogP contribution is 2.38. The predicted octanol–water partition coefficient (Wildman–Crippen LogP) is 6.83. The number of hydrogen-bond acceptors (Lipinski definition) is 8. The highest BCUT2D eigenvalue weighted by Gasteiger charge is 2.35. The van der Waals surface area contributed by atoms with Crippen LogP contribution in [0, 0.1) is 11.7 Å². The molecule has 0 spiro atoms. The smallest absolute Gasteiger partial charge is 0.418 e. The fraction of sp³-hybridized carbons (Fsp3) is 0.333. The van der Waals surface area contributed by atoms with Gasteiger partial charge in [0.15, 0.2) is 23.1 Å². The number of ether oxygens (including phenoxy) is 3. The number of methoxy groups -OCH3 is 1. The molecule has 0 aliphatic carbocycles. The number of pyridine rings is 1. The number of carbonyl (C=O) groups is 1. The summed E-state index contributed by atoms with van der Waals surface area (Å²) in [6, 6.07) is 13.1. The first-order chi connectivity index (χ1) is 24.4. The molecular formula is C36H36F4N6O5. The van der Waals surface area contributed by atoms with Gasteiger partial charge in [0.05, 0.1) is 30.5 Å². The van der Waals surface area contributed by atoms with E-state index in [1.54, 1.807) is 18.2 Å². The second-order valence-electron chi connectivity index (χ2n) is 12.3. The number of nitrogens with one attached hydrogen (secondary N) is 1. The summed E-state index contributed by atoms with van der Waals surface area (Å²) < 4.78 is 74.9. The van der Waals surface area contributed by atoms with Gasteiger partial charge in [0.2, 0.25) is 5.82 Å². The number of carbonyl (C=O) groups excluding carboxylic acids is 1. The normalized spacial score (nSPS) is 14.1. The Bertz CT molecular complexity index is 2110. The third-order valence-electron chi connectivity index (χ3n) is 8.77. The summed E-state index contributed by atoms with van der Waals surface area (Å²) in [5, 5.41) is 6.82. The Morgan fingerprint density at radius 3 is 2.49 bits per heavy atom. The summed E-state index contributed by atoms with van der Waals surface area (Å²) in [5.41, 5.74) is -2.09. The van der Waals surface area contributed by atoms with Crippen molar-refractivity contribution in [3.8, 4) is 28.7 Å². The van der Waals surface area contributed by atoms with Crippen molar-refractivity contribution in [1.82, 2.24) is 24.2 Å². The van der Waals surface area contributed by atoms with Crippen LogP contribution in [-0.4, -0.2) is 63.5 Å². The fourth-order valence-corrected chi connectivity index (χ4v) is 5.90. The van der Waals surface area contributed by atoms with Crippen molar-refractivity contribution in [1.29, 1.82) is 0 Å². The molecule has 6 rings (SSSR count). The molecule has 1 aliphatic rings. The van der Waals surface area contributed by atoms with E-state index >= 15 is 4.39 Å². The Morgan fingerprint density at radius 1 is 1.00 bits per heavy atom. The quantitative estimate of drug-likeness (QED) is 0.117. The number of nitrogens with zero attached hydrogens (tertiary/aromatic N) is 5. The molecule has 0 saturated carbocycles. The van der Waals surface area contributed by atoms with Crippen molar-refractivity contribution in [2.75, 3.05) is 38.7 Å². The van der Waals surface area contributed by atoms with Crippen molar-refractivity contribution in [2.45, 2.75) is 32.4 Å². The number of anilines is 1. The van der Waals surface area contributed by atoms with Gasteiger partial charge in [-0.25, -0.2) is 9.18 Å². The molecule has 1 amide bonds. The van der Waals surface area contributed by atoms with Crippen molar-refractivity contribution in [3.05, 3.63) is 94.5 Å². The Labute approximate surface area is 290 Å². The van der Waals surface area contributed by atoms with Gasteiger partial charge in [-0.2, -0.15) is 17.9 Å². The third-order valence-corrected chi connectivity index (χ3v) is 8.77. The molecular weight excluding hydrogens is 672 g/mol. The van der Waals surface area contributed by atoms with Gasteiger partial charge in [-0.1, -0.05) is 19.1 Å². The summed E-state index contributed by atoms with van der Waals surface area (Å²) in [4.78, 5) is 32.7. The van der Waals surface area contributed by atoms with E-state index in [9.17, 15) is 22.8 Å². The molecule has 2 aromatic heterocycles. The Balaban J connectivity index is 1.15. The molecule has 1 saturated heterocycles. The third kappa shape index (κ3) is 7.83. The molecule has 11 nitrogen and oxygen atoms in total. The van der Waals surface area contributed by atoms with Crippen LogP contribution >= 0.6 is 0 Å². The van der Waals surface area contributed by atoms with Gasteiger partial charge in [0.1, 0.15) is 5.75 Å². The number of likely N-dealkylation sites (tertiary alicyclic amines) is 1. The molecule has 0 radical (unpaired) electrons. The first kappa shape index (κ1) is 35.4. The van der Waals surface area contributed by atoms with Gasteiger partial charge < -0.3 is 24.4 Å². The van der Waals surface area contributed by atoms with Crippen molar-refractivity contribution >= 4 is 22.5 Å². The number of benzene rings is 3. The molecule has 0 unspecified atom stereocenters. The molecule has 1 fully saturated rings. The summed E-state index contributed by atoms with van der Waals surface area (Å²) in [5.74, 6) is -0.369. The van der Waals surface area contributed by atoms with Gasteiger partial charge in [-0.3, -0.25) is 14.3 Å². The maximum atomic E-state index is 15.3. The first-order valence-corrected chi connectivity index (χ1v) is 16.4. The van der Waals surface area contributed by atoms with Crippen LogP contribution in [0.2, 0.25) is 0 Å². The molecule has 268 valence electrons. The van der Waals surface area contributed by atoms with E-state index in [1.165, 1.54) is 57.5 Å². The lowest BCUT2D eigenvalue weighted by Crippen LogP contribution is -2.34. The van der Waals surface area contributed by atoms with Gasteiger partial charge in [-0.15, -0.1) is 5.10 Å². The minimum atomic E-state index is -4.77. The van der Waals surface area contributed by atoms with E-state index in [1.807, 2.05) is 0 Å². The number of para-hydroxylation sites is 1. The van der Waals surface area contributed by atoms with E-state index in [-0.39, 0.29) is 11.4 Å². The maximum Gasteiger partial charge on any atom is 0.418 e. The number of halogens is 4. The molecule has 5 aromatic rings. The van der Waals surface area contributed by atoms with Crippen LogP contribution in [0.3, 0.4) is 0 Å². The second-order valence-corrected chi connectivity index (χ2v) is 12.3. The number of rotatable bonds is 11. The van der Waals surface area contributed by atoms with Crippen LogP contribution in [0.25, 0.3) is 16.6 Å². The van der Waals surface area contributed by atoms with Crippen LogP contribution < -0.4 is 25.2 Å². The van der Waals surface area contributed by atoms with Crippen LogP contribution in [-0.2, 0) is 13.2 Å². The number of fused-ring (bicyclic) bond motifs is 1. The zero-order valence-electron chi connectivity index (χ0n) is 28.2.